The molecule has 112 valence electrons. The average Bonchev–Trinajstić information content (AvgIpc) is 2.50. The molecule has 1 aromatic rings. The number of nitrogens with one attached hydrogen (secondary N) is 1. The molecule has 0 bridgehead atoms. The molecule has 0 saturated heterocycles. The molecule has 5 heteroatoms. The molecule has 1 aliphatic rings. The van der Waals surface area contributed by atoms with Crippen molar-refractivity contribution in [1.29, 1.82) is 5.26 Å². The second kappa shape index (κ2) is 6.44. The number of carbonyl (C=O) groups excluding carboxylic acids is 1. The molecule has 0 radical (unpaired) electrons. The lowest BCUT2D eigenvalue weighted by Crippen LogP contribution is -2.49. The minimum Gasteiger partial charge on any atom is -0.334 e. The van der Waals surface area contributed by atoms with Crippen molar-refractivity contribution in [3.8, 4) is 6.07 Å². The number of halogens is 2. The minimum atomic E-state index is -0.834. The Morgan fingerprint density at radius 3 is 2.71 bits per heavy atom. The van der Waals surface area contributed by atoms with Gasteiger partial charge in [0.15, 0.2) is 0 Å². The van der Waals surface area contributed by atoms with E-state index in [1.807, 2.05) is 0 Å². The van der Waals surface area contributed by atoms with Crippen molar-refractivity contribution in [2.45, 2.75) is 44.6 Å². The first-order valence-corrected chi connectivity index (χ1v) is 7.56. The van der Waals surface area contributed by atoms with Crippen LogP contribution in [0.5, 0.6) is 0 Å². The zero-order valence-electron chi connectivity index (χ0n) is 12.0. The van der Waals surface area contributed by atoms with Crippen LogP contribution in [-0.2, 0) is 0 Å². The highest BCUT2D eigenvalue weighted by Gasteiger charge is 2.36. The van der Waals surface area contributed by atoms with Gasteiger partial charge in [0.05, 0.1) is 11.1 Å². The van der Waals surface area contributed by atoms with Gasteiger partial charge in [-0.05, 0) is 49.8 Å². The van der Waals surface area contributed by atoms with Gasteiger partial charge in [-0.1, -0.05) is 24.9 Å². The number of amides is 1. The van der Waals surface area contributed by atoms with Gasteiger partial charge < -0.3 is 5.32 Å². The molecule has 1 fully saturated rings. The van der Waals surface area contributed by atoms with Gasteiger partial charge in [-0.3, -0.25) is 4.79 Å². The quantitative estimate of drug-likeness (QED) is 0.915. The lowest BCUT2D eigenvalue weighted by molar-refractivity contribution is 0.0891. The maximum atomic E-state index is 13.4. The van der Waals surface area contributed by atoms with Crippen LogP contribution in [0.2, 0.25) is 5.02 Å². The third-order valence-electron chi connectivity index (χ3n) is 4.28. The van der Waals surface area contributed by atoms with Crippen LogP contribution in [0.3, 0.4) is 0 Å². The van der Waals surface area contributed by atoms with E-state index in [1.165, 1.54) is 12.1 Å². The molecule has 2 rings (SSSR count). The number of hydrogen-bond donors (Lipinski definition) is 1. The van der Waals surface area contributed by atoms with Gasteiger partial charge in [-0.15, -0.1) is 0 Å². The summed E-state index contributed by atoms with van der Waals surface area (Å²) in [5, 5.41) is 12.2. The van der Waals surface area contributed by atoms with Crippen molar-refractivity contribution in [1.82, 2.24) is 5.32 Å². The number of nitriles is 1. The van der Waals surface area contributed by atoms with Crippen LogP contribution >= 0.6 is 11.6 Å². The fraction of sp³-hybridized carbons (Fsp3) is 0.500. The second-order valence-corrected chi connectivity index (χ2v) is 6.04. The standard InChI is InChI=1S/C16H18ClFN2O/c1-2-11-5-7-16(10-19,8-6-11)20-15(21)12-3-4-13(17)14(18)9-12/h3-4,9,11H,2,5-8H2,1H3,(H,20,21). The lowest BCUT2D eigenvalue weighted by Gasteiger charge is -2.35. The topological polar surface area (TPSA) is 52.9 Å². The average molecular weight is 309 g/mol. The minimum absolute atomic E-state index is 0.0231. The highest BCUT2D eigenvalue weighted by Crippen LogP contribution is 2.33. The van der Waals surface area contributed by atoms with E-state index >= 15 is 0 Å². The number of hydrogen-bond acceptors (Lipinski definition) is 2. The van der Waals surface area contributed by atoms with Crippen LogP contribution in [0, 0.1) is 23.1 Å². The second-order valence-electron chi connectivity index (χ2n) is 5.63. The Morgan fingerprint density at radius 2 is 2.19 bits per heavy atom. The molecule has 0 aromatic heterocycles. The van der Waals surface area contributed by atoms with Crippen LogP contribution in [0.4, 0.5) is 4.39 Å². The van der Waals surface area contributed by atoms with E-state index < -0.39 is 17.3 Å². The van der Waals surface area contributed by atoms with Gasteiger partial charge in [0.1, 0.15) is 11.4 Å². The van der Waals surface area contributed by atoms with E-state index in [0.717, 1.165) is 25.3 Å². The van der Waals surface area contributed by atoms with E-state index in [-0.39, 0.29) is 10.6 Å². The first kappa shape index (κ1) is 15.8. The van der Waals surface area contributed by atoms with Crippen molar-refractivity contribution in [3.05, 3.63) is 34.6 Å². The molecular formula is C16H18ClFN2O. The molecule has 1 amide bonds. The predicted molar refractivity (Wildman–Crippen MR) is 79.5 cm³/mol. The summed E-state index contributed by atoms with van der Waals surface area (Å²) in [4.78, 5) is 12.2. The molecule has 0 aliphatic heterocycles. The van der Waals surface area contributed by atoms with Gasteiger partial charge in [-0.25, -0.2) is 4.39 Å². The smallest absolute Gasteiger partial charge is 0.252 e. The van der Waals surface area contributed by atoms with Crippen molar-refractivity contribution < 1.29 is 9.18 Å². The first-order valence-electron chi connectivity index (χ1n) is 7.18. The highest BCUT2D eigenvalue weighted by atomic mass is 35.5. The Labute approximate surface area is 129 Å². The normalized spacial score (nSPS) is 25.1. The Kier molecular flexibility index (Phi) is 4.84. The summed E-state index contributed by atoms with van der Waals surface area (Å²) in [6.07, 6.45) is 4.24. The Morgan fingerprint density at radius 1 is 1.52 bits per heavy atom. The summed E-state index contributed by atoms with van der Waals surface area (Å²) < 4.78 is 13.4. The van der Waals surface area contributed by atoms with E-state index in [0.29, 0.717) is 18.8 Å². The monoisotopic (exact) mass is 308 g/mol. The first-order chi connectivity index (χ1) is 9.99. The molecule has 1 saturated carbocycles. The SMILES string of the molecule is CCC1CCC(C#N)(NC(=O)c2ccc(Cl)c(F)c2)CC1. The molecule has 0 unspecified atom stereocenters. The maximum absolute atomic E-state index is 13.4. The third-order valence-corrected chi connectivity index (χ3v) is 4.59. The fourth-order valence-electron chi connectivity index (χ4n) is 2.77. The molecule has 0 atom stereocenters. The van der Waals surface area contributed by atoms with E-state index in [2.05, 4.69) is 18.3 Å². The molecule has 3 nitrogen and oxygen atoms in total. The van der Waals surface area contributed by atoms with Crippen molar-refractivity contribution >= 4 is 17.5 Å². The van der Waals surface area contributed by atoms with Crippen LogP contribution in [-0.4, -0.2) is 11.4 Å². The zero-order chi connectivity index (χ0) is 15.5. The van der Waals surface area contributed by atoms with Gasteiger partial charge in [-0.2, -0.15) is 5.26 Å². The Hall–Kier alpha value is -1.60. The number of nitrogens with zero attached hydrogens (tertiary/aromatic N) is 1. The predicted octanol–water partition coefficient (Wildman–Crippen LogP) is 4.07. The van der Waals surface area contributed by atoms with Gasteiger partial charge in [0, 0.05) is 5.56 Å². The van der Waals surface area contributed by atoms with Crippen molar-refractivity contribution in [3.63, 3.8) is 0 Å². The lowest BCUT2D eigenvalue weighted by atomic mass is 9.76. The van der Waals surface area contributed by atoms with Crippen molar-refractivity contribution in [2.24, 2.45) is 5.92 Å². The number of rotatable bonds is 3. The van der Waals surface area contributed by atoms with Gasteiger partial charge >= 0.3 is 0 Å². The highest BCUT2D eigenvalue weighted by molar-refractivity contribution is 6.30. The van der Waals surface area contributed by atoms with E-state index in [9.17, 15) is 14.4 Å². The number of benzene rings is 1. The molecular weight excluding hydrogens is 291 g/mol. The Balaban J connectivity index is 2.10. The van der Waals surface area contributed by atoms with E-state index in [1.54, 1.807) is 0 Å². The number of carbonyl (C=O) groups is 1. The molecule has 1 aromatic carbocycles. The van der Waals surface area contributed by atoms with Crippen molar-refractivity contribution in [2.75, 3.05) is 0 Å². The molecule has 0 heterocycles. The third kappa shape index (κ3) is 3.54. The van der Waals surface area contributed by atoms with Crippen LogP contribution < -0.4 is 5.32 Å². The molecule has 0 spiro atoms. The largest absolute Gasteiger partial charge is 0.334 e. The summed E-state index contributed by atoms with van der Waals surface area (Å²) in [7, 11) is 0. The molecule has 1 aliphatic carbocycles. The fourth-order valence-corrected chi connectivity index (χ4v) is 2.89. The van der Waals surface area contributed by atoms with Crippen LogP contribution in [0.1, 0.15) is 49.4 Å². The summed E-state index contributed by atoms with van der Waals surface area (Å²) in [6, 6.07) is 6.14. The molecule has 21 heavy (non-hydrogen) atoms. The zero-order valence-corrected chi connectivity index (χ0v) is 12.7. The molecule has 1 N–H and O–H groups in total. The summed E-state index contributed by atoms with van der Waals surface area (Å²) >= 11 is 5.60. The Bertz CT molecular complexity index is 574. The van der Waals surface area contributed by atoms with E-state index in [4.69, 9.17) is 11.6 Å². The van der Waals surface area contributed by atoms with Gasteiger partial charge in [0.25, 0.3) is 5.91 Å². The summed E-state index contributed by atoms with van der Waals surface area (Å²) in [5.41, 5.74) is -0.650. The van der Waals surface area contributed by atoms with Crippen LogP contribution in [0.15, 0.2) is 18.2 Å². The van der Waals surface area contributed by atoms with Gasteiger partial charge in [0.2, 0.25) is 0 Å². The summed E-state index contributed by atoms with van der Waals surface area (Å²) in [5.74, 6) is -0.441. The summed E-state index contributed by atoms with van der Waals surface area (Å²) in [6.45, 7) is 2.14. The van der Waals surface area contributed by atoms with Crippen LogP contribution in [0.25, 0.3) is 0 Å². The maximum Gasteiger partial charge on any atom is 0.252 e.